The number of hydrogen-bond donors (Lipinski definition) is 0. The number of anilines is 6. The molecule has 0 unspecified atom stereocenters. The predicted octanol–water partition coefficient (Wildman–Crippen LogP) is 24.3. The highest BCUT2D eigenvalue weighted by atomic mass is 16.3. The lowest BCUT2D eigenvalue weighted by molar-refractivity contribution is 0.662. The Hall–Kier alpha value is -11.2. The fourth-order valence-electron chi connectivity index (χ4n) is 14.3. The zero-order chi connectivity index (χ0) is 59.5. The van der Waals surface area contributed by atoms with Crippen LogP contribution in [0.15, 0.2) is 300 Å². The second-order valence-corrected chi connectivity index (χ2v) is 24.5. The molecule has 14 aromatic carbocycles. The van der Waals surface area contributed by atoms with Crippen molar-refractivity contribution in [3.05, 3.63) is 313 Å². The molecule has 2 aromatic heterocycles. The van der Waals surface area contributed by atoms with Gasteiger partial charge >= 0.3 is 0 Å². The van der Waals surface area contributed by atoms with Crippen molar-refractivity contribution < 1.29 is 8.83 Å². The minimum atomic E-state index is -0.303. The van der Waals surface area contributed by atoms with Gasteiger partial charge in [-0.2, -0.15) is 0 Å². The molecule has 0 bridgehead atoms. The number of benzene rings is 14. The fourth-order valence-corrected chi connectivity index (χ4v) is 14.3. The molecule has 0 atom stereocenters. The summed E-state index contributed by atoms with van der Waals surface area (Å²) in [5.41, 5.74) is 26.1. The van der Waals surface area contributed by atoms with Gasteiger partial charge in [0.05, 0.1) is 11.4 Å². The van der Waals surface area contributed by atoms with Gasteiger partial charge in [0.1, 0.15) is 11.2 Å². The second kappa shape index (κ2) is 20.5. The first kappa shape index (κ1) is 52.2. The Labute approximate surface area is 517 Å². The van der Waals surface area contributed by atoms with Gasteiger partial charge in [-0.05, 0) is 187 Å². The van der Waals surface area contributed by atoms with Crippen molar-refractivity contribution >= 4 is 99.5 Å². The van der Waals surface area contributed by atoms with Crippen molar-refractivity contribution in [1.82, 2.24) is 0 Å². The molecule has 2 heterocycles. The summed E-state index contributed by atoms with van der Waals surface area (Å²) in [5.74, 6) is 0. The minimum Gasteiger partial charge on any atom is -0.453 e. The molecule has 4 nitrogen and oxygen atoms in total. The Bertz CT molecular complexity index is 5140. The molecule has 0 aliphatic heterocycles. The van der Waals surface area contributed by atoms with Crippen molar-refractivity contribution in [2.24, 2.45) is 0 Å². The number of hydrogen-bond acceptors (Lipinski definition) is 4. The highest BCUT2D eigenvalue weighted by molar-refractivity contribution is 6.16. The SMILES string of the molecule is Cc1ccccc1-c1cccc2c1oc1c(N(c3ccc(-c4ccccc4)cc3)c3ccc4cc5c(cc4c3)C(C)(C)c3cc4cc(N(c6ccc(-c7ccccc7)cc6)c6cccc7c6oc6c(-c8ccccc8C)cccc67)ccc4cc3-5)cccc12. The van der Waals surface area contributed by atoms with E-state index in [0.29, 0.717) is 0 Å². The summed E-state index contributed by atoms with van der Waals surface area (Å²) in [4.78, 5) is 4.75. The van der Waals surface area contributed by atoms with E-state index in [9.17, 15) is 0 Å². The zero-order valence-corrected chi connectivity index (χ0v) is 49.9. The number of fused-ring (bicyclic) bond motifs is 11. The lowest BCUT2D eigenvalue weighted by Crippen LogP contribution is -2.15. The lowest BCUT2D eigenvalue weighted by Gasteiger charge is -2.27. The van der Waals surface area contributed by atoms with Crippen LogP contribution in [0, 0.1) is 13.8 Å². The molecule has 16 aromatic rings. The highest BCUT2D eigenvalue weighted by Gasteiger charge is 2.36. The van der Waals surface area contributed by atoms with Crippen LogP contribution in [0.4, 0.5) is 34.1 Å². The van der Waals surface area contributed by atoms with Gasteiger partial charge in [0.25, 0.3) is 0 Å². The average Bonchev–Trinajstić information content (AvgIpc) is 1.80. The maximum atomic E-state index is 7.17. The average molecular weight is 1140 g/mol. The second-order valence-electron chi connectivity index (χ2n) is 24.5. The van der Waals surface area contributed by atoms with Crippen LogP contribution in [0.1, 0.15) is 36.1 Å². The summed E-state index contributed by atoms with van der Waals surface area (Å²) in [6.07, 6.45) is 0. The third kappa shape index (κ3) is 8.50. The van der Waals surface area contributed by atoms with E-state index in [1.165, 1.54) is 77.2 Å². The van der Waals surface area contributed by atoms with Gasteiger partial charge in [0.15, 0.2) is 11.2 Å². The molecule has 1 aliphatic rings. The molecule has 0 fully saturated rings. The van der Waals surface area contributed by atoms with Crippen molar-refractivity contribution in [2.75, 3.05) is 9.80 Å². The molecule has 0 radical (unpaired) electrons. The summed E-state index contributed by atoms with van der Waals surface area (Å²) < 4.78 is 14.3. The first-order chi connectivity index (χ1) is 43.7. The van der Waals surface area contributed by atoms with Crippen LogP contribution in [0.25, 0.3) is 121 Å². The Kier molecular flexibility index (Phi) is 12.0. The molecular formula is C85H60N2O2. The van der Waals surface area contributed by atoms with Crippen molar-refractivity contribution in [2.45, 2.75) is 33.1 Å². The van der Waals surface area contributed by atoms with Crippen molar-refractivity contribution in [1.29, 1.82) is 0 Å². The van der Waals surface area contributed by atoms with Crippen molar-refractivity contribution in [3.63, 3.8) is 0 Å². The van der Waals surface area contributed by atoms with Gasteiger partial charge in [-0.15, -0.1) is 0 Å². The molecular weight excluding hydrogens is 1080 g/mol. The topological polar surface area (TPSA) is 32.8 Å². The van der Waals surface area contributed by atoms with Gasteiger partial charge in [0, 0.05) is 60.8 Å². The molecule has 0 spiro atoms. The number of aryl methyl sites for hydroxylation is 2. The van der Waals surface area contributed by atoms with E-state index in [0.717, 1.165) is 100 Å². The molecule has 0 N–H and O–H groups in total. The van der Waals surface area contributed by atoms with Gasteiger partial charge in [-0.3, -0.25) is 0 Å². The minimum absolute atomic E-state index is 0.303. The monoisotopic (exact) mass is 1140 g/mol. The Morgan fingerprint density at radius 1 is 0.258 bits per heavy atom. The van der Waals surface area contributed by atoms with Gasteiger partial charge in [-0.1, -0.05) is 220 Å². The smallest absolute Gasteiger partial charge is 0.159 e. The number of para-hydroxylation sites is 4. The molecule has 89 heavy (non-hydrogen) atoms. The van der Waals surface area contributed by atoms with E-state index in [1.54, 1.807) is 0 Å². The summed E-state index contributed by atoms with van der Waals surface area (Å²) >= 11 is 0. The summed E-state index contributed by atoms with van der Waals surface area (Å²) in [6.45, 7) is 9.13. The molecule has 422 valence electrons. The molecule has 0 saturated carbocycles. The zero-order valence-electron chi connectivity index (χ0n) is 49.9. The maximum absolute atomic E-state index is 7.17. The third-order valence-corrected chi connectivity index (χ3v) is 18.9. The Morgan fingerprint density at radius 3 is 1.02 bits per heavy atom. The number of nitrogens with zero attached hydrogens (tertiary/aromatic N) is 2. The van der Waals surface area contributed by atoms with Crippen LogP contribution in [-0.2, 0) is 5.41 Å². The number of furan rings is 2. The first-order valence-corrected chi connectivity index (χ1v) is 30.8. The highest BCUT2D eigenvalue weighted by Crippen LogP contribution is 2.53. The normalized spacial score (nSPS) is 12.6. The van der Waals surface area contributed by atoms with Crippen LogP contribution in [-0.4, -0.2) is 0 Å². The van der Waals surface area contributed by atoms with Gasteiger partial charge < -0.3 is 18.6 Å². The third-order valence-electron chi connectivity index (χ3n) is 18.9. The van der Waals surface area contributed by atoms with E-state index in [4.69, 9.17) is 8.83 Å². The van der Waals surface area contributed by atoms with Crippen LogP contribution in [0.5, 0.6) is 0 Å². The Balaban J connectivity index is 0.785. The standard InChI is InChI=1S/C85H60N2O2/c1-53-19-11-13-25-67(53)69-27-15-29-71-73-31-17-33-79(83(73)88-81(69)71)86(63-41-35-57(36-42-63)55-21-7-5-8-22-55)65-45-39-59-49-75-76-50-60-40-46-66(48-62(60)52-78(76)85(3,4)77(75)51-61(59)47-65)87(64-43-37-58(38-44-64)56-23-9-6-10-24-56)80-34-18-32-74-72-30-16-28-70(82(72)89-84(74)80)68-26-14-12-20-54(68)2/h5-52H,1-4H3. The predicted molar refractivity (Wildman–Crippen MR) is 374 cm³/mol. The van der Waals surface area contributed by atoms with E-state index < -0.39 is 0 Å². The molecule has 0 amide bonds. The summed E-state index contributed by atoms with van der Waals surface area (Å²) in [5, 5.41) is 9.10. The van der Waals surface area contributed by atoms with Crippen LogP contribution in [0.3, 0.4) is 0 Å². The van der Waals surface area contributed by atoms with Crippen LogP contribution >= 0.6 is 0 Å². The lowest BCUT2D eigenvalue weighted by atomic mass is 9.81. The molecule has 4 heteroatoms. The quantitative estimate of drug-likeness (QED) is 0.137. The Morgan fingerprint density at radius 2 is 0.607 bits per heavy atom. The van der Waals surface area contributed by atoms with Crippen LogP contribution < -0.4 is 9.80 Å². The van der Waals surface area contributed by atoms with Crippen molar-refractivity contribution in [3.8, 4) is 55.6 Å². The van der Waals surface area contributed by atoms with E-state index in [-0.39, 0.29) is 5.41 Å². The molecule has 17 rings (SSSR count). The van der Waals surface area contributed by atoms with E-state index >= 15 is 0 Å². The molecule has 1 aliphatic carbocycles. The van der Waals surface area contributed by atoms with Gasteiger partial charge in [0.2, 0.25) is 0 Å². The van der Waals surface area contributed by atoms with E-state index in [1.807, 2.05) is 0 Å². The van der Waals surface area contributed by atoms with Crippen LogP contribution in [0.2, 0.25) is 0 Å². The fraction of sp³-hybridized carbons (Fsp3) is 0.0588. The maximum Gasteiger partial charge on any atom is 0.159 e. The first-order valence-electron chi connectivity index (χ1n) is 30.8. The largest absolute Gasteiger partial charge is 0.453 e. The summed E-state index contributed by atoms with van der Waals surface area (Å²) in [6, 6.07) is 106. The summed E-state index contributed by atoms with van der Waals surface area (Å²) in [7, 11) is 0. The van der Waals surface area contributed by atoms with E-state index in [2.05, 4.69) is 329 Å². The number of rotatable bonds is 10. The van der Waals surface area contributed by atoms with Gasteiger partial charge in [-0.25, -0.2) is 0 Å². The molecule has 0 saturated heterocycles.